The smallest absolute Gasteiger partial charge is 0.135 e. The fourth-order valence-electron chi connectivity index (χ4n) is 2.91. The van der Waals surface area contributed by atoms with E-state index in [2.05, 4.69) is 56.3 Å². The molecule has 0 spiro atoms. The lowest BCUT2D eigenvalue weighted by Gasteiger charge is -2.00. The standard InChI is InChI=1S/C19H16O/c1-12-9-15(10-13(12)2)14-7-8-19-17(11-14)16-5-3-4-6-18(16)20-19/h3-12H,1-2H3/t12-/m0/s1. The second-order valence-electron chi connectivity index (χ2n) is 5.61. The number of fused-ring (bicyclic) bond motifs is 3. The third-order valence-electron chi connectivity index (χ3n) is 4.24. The Morgan fingerprint density at radius 2 is 1.75 bits per heavy atom. The first-order valence-electron chi connectivity index (χ1n) is 7.04. The fraction of sp³-hybridized carbons (Fsp3) is 0.158. The van der Waals surface area contributed by atoms with E-state index in [1.54, 1.807) is 0 Å². The number of allylic oxidation sites excluding steroid dienone is 4. The summed E-state index contributed by atoms with van der Waals surface area (Å²) in [5, 5.41) is 2.39. The van der Waals surface area contributed by atoms with Crippen LogP contribution in [0.15, 0.2) is 64.6 Å². The van der Waals surface area contributed by atoms with Crippen LogP contribution >= 0.6 is 0 Å². The highest BCUT2D eigenvalue weighted by Gasteiger charge is 2.14. The Morgan fingerprint density at radius 1 is 0.950 bits per heavy atom. The summed E-state index contributed by atoms with van der Waals surface area (Å²) in [7, 11) is 0. The quantitative estimate of drug-likeness (QED) is 0.558. The summed E-state index contributed by atoms with van der Waals surface area (Å²) in [5.41, 5.74) is 5.94. The van der Waals surface area contributed by atoms with Gasteiger partial charge in [-0.15, -0.1) is 0 Å². The number of benzene rings is 2. The highest BCUT2D eigenvalue weighted by atomic mass is 16.3. The first kappa shape index (κ1) is 11.5. The van der Waals surface area contributed by atoms with Crippen LogP contribution in [0.5, 0.6) is 0 Å². The minimum Gasteiger partial charge on any atom is -0.456 e. The molecular formula is C19H16O. The van der Waals surface area contributed by atoms with Crippen molar-refractivity contribution < 1.29 is 4.42 Å². The molecule has 0 saturated heterocycles. The van der Waals surface area contributed by atoms with E-state index in [1.165, 1.54) is 27.5 Å². The second kappa shape index (κ2) is 4.11. The van der Waals surface area contributed by atoms with E-state index < -0.39 is 0 Å². The summed E-state index contributed by atoms with van der Waals surface area (Å²) in [6.07, 6.45) is 4.62. The van der Waals surface area contributed by atoms with Crippen molar-refractivity contribution in [3.8, 4) is 0 Å². The molecule has 0 amide bonds. The molecule has 1 aromatic heterocycles. The molecule has 2 aromatic carbocycles. The van der Waals surface area contributed by atoms with Gasteiger partial charge < -0.3 is 4.42 Å². The van der Waals surface area contributed by atoms with Gasteiger partial charge in [-0.1, -0.05) is 48.9 Å². The third-order valence-corrected chi connectivity index (χ3v) is 4.24. The molecule has 1 nitrogen and oxygen atoms in total. The predicted molar refractivity (Wildman–Crippen MR) is 84.6 cm³/mol. The first-order chi connectivity index (χ1) is 9.72. The van der Waals surface area contributed by atoms with Crippen molar-refractivity contribution in [2.45, 2.75) is 13.8 Å². The molecule has 1 atom stereocenters. The van der Waals surface area contributed by atoms with Gasteiger partial charge in [0.25, 0.3) is 0 Å². The molecule has 0 bridgehead atoms. The molecule has 0 aliphatic heterocycles. The van der Waals surface area contributed by atoms with Gasteiger partial charge in [0.15, 0.2) is 0 Å². The average Bonchev–Trinajstić information content (AvgIpc) is 2.99. The van der Waals surface area contributed by atoms with Gasteiger partial charge in [-0.05, 0) is 42.2 Å². The zero-order valence-electron chi connectivity index (χ0n) is 11.7. The van der Waals surface area contributed by atoms with Gasteiger partial charge >= 0.3 is 0 Å². The summed E-state index contributed by atoms with van der Waals surface area (Å²) in [6.45, 7) is 4.44. The zero-order chi connectivity index (χ0) is 13.7. The van der Waals surface area contributed by atoms with E-state index in [-0.39, 0.29) is 0 Å². The Hall–Kier alpha value is -2.28. The molecule has 0 saturated carbocycles. The van der Waals surface area contributed by atoms with Crippen LogP contribution in [-0.2, 0) is 0 Å². The van der Waals surface area contributed by atoms with Crippen molar-refractivity contribution >= 4 is 27.5 Å². The average molecular weight is 260 g/mol. The number of furan rings is 1. The molecule has 1 heterocycles. The number of hydrogen-bond acceptors (Lipinski definition) is 1. The van der Waals surface area contributed by atoms with Crippen LogP contribution in [0.1, 0.15) is 19.4 Å². The monoisotopic (exact) mass is 260 g/mol. The van der Waals surface area contributed by atoms with Crippen molar-refractivity contribution in [1.82, 2.24) is 0 Å². The molecule has 98 valence electrons. The molecule has 0 unspecified atom stereocenters. The van der Waals surface area contributed by atoms with E-state index in [9.17, 15) is 0 Å². The normalized spacial score (nSPS) is 18.6. The van der Waals surface area contributed by atoms with E-state index in [1.807, 2.05) is 12.1 Å². The lowest BCUT2D eigenvalue weighted by molar-refractivity contribution is 0.669. The Morgan fingerprint density at radius 3 is 2.55 bits per heavy atom. The van der Waals surface area contributed by atoms with Gasteiger partial charge in [0.1, 0.15) is 11.2 Å². The van der Waals surface area contributed by atoms with Crippen LogP contribution in [-0.4, -0.2) is 0 Å². The van der Waals surface area contributed by atoms with E-state index >= 15 is 0 Å². The lowest BCUT2D eigenvalue weighted by atomic mass is 10.0. The largest absolute Gasteiger partial charge is 0.456 e. The number of rotatable bonds is 1. The maximum atomic E-state index is 5.88. The Balaban J connectivity index is 1.95. The number of hydrogen-bond donors (Lipinski definition) is 0. The molecule has 0 N–H and O–H groups in total. The van der Waals surface area contributed by atoms with Crippen LogP contribution < -0.4 is 0 Å². The maximum absolute atomic E-state index is 5.88. The highest BCUT2D eigenvalue weighted by Crippen LogP contribution is 2.34. The predicted octanol–water partition coefficient (Wildman–Crippen LogP) is 5.57. The molecule has 0 fully saturated rings. The Kier molecular flexibility index (Phi) is 2.37. The van der Waals surface area contributed by atoms with Crippen molar-refractivity contribution in [1.29, 1.82) is 0 Å². The fourth-order valence-corrected chi connectivity index (χ4v) is 2.91. The summed E-state index contributed by atoms with van der Waals surface area (Å²) in [6, 6.07) is 14.7. The van der Waals surface area contributed by atoms with Gasteiger partial charge in [0, 0.05) is 10.8 Å². The number of para-hydroxylation sites is 1. The summed E-state index contributed by atoms with van der Waals surface area (Å²) < 4.78 is 5.88. The van der Waals surface area contributed by atoms with Crippen molar-refractivity contribution in [3.63, 3.8) is 0 Å². The van der Waals surface area contributed by atoms with Crippen molar-refractivity contribution in [3.05, 3.63) is 65.8 Å². The molecule has 4 rings (SSSR count). The molecule has 0 radical (unpaired) electrons. The van der Waals surface area contributed by atoms with Gasteiger partial charge in [-0.2, -0.15) is 0 Å². The Bertz CT molecular complexity index is 877. The summed E-state index contributed by atoms with van der Waals surface area (Å²) >= 11 is 0. The van der Waals surface area contributed by atoms with Gasteiger partial charge in [-0.25, -0.2) is 0 Å². The second-order valence-corrected chi connectivity index (χ2v) is 5.61. The molecular weight excluding hydrogens is 244 g/mol. The first-order valence-corrected chi connectivity index (χ1v) is 7.04. The zero-order valence-corrected chi connectivity index (χ0v) is 11.7. The van der Waals surface area contributed by atoms with Crippen LogP contribution in [0.2, 0.25) is 0 Å². The van der Waals surface area contributed by atoms with Gasteiger partial charge in [0.2, 0.25) is 0 Å². The lowest BCUT2D eigenvalue weighted by Crippen LogP contribution is -1.83. The minimum absolute atomic E-state index is 0.543. The van der Waals surface area contributed by atoms with E-state index in [0.29, 0.717) is 5.92 Å². The van der Waals surface area contributed by atoms with Crippen LogP contribution in [0, 0.1) is 5.92 Å². The topological polar surface area (TPSA) is 13.1 Å². The third kappa shape index (κ3) is 1.63. The van der Waals surface area contributed by atoms with E-state index in [4.69, 9.17) is 4.42 Å². The highest BCUT2D eigenvalue weighted by molar-refractivity contribution is 6.06. The van der Waals surface area contributed by atoms with Gasteiger partial charge in [0.05, 0.1) is 0 Å². The van der Waals surface area contributed by atoms with Gasteiger partial charge in [-0.3, -0.25) is 0 Å². The van der Waals surface area contributed by atoms with Crippen LogP contribution in [0.25, 0.3) is 27.5 Å². The van der Waals surface area contributed by atoms with Crippen LogP contribution in [0.4, 0.5) is 0 Å². The summed E-state index contributed by atoms with van der Waals surface area (Å²) in [4.78, 5) is 0. The Labute approximate surface area is 118 Å². The van der Waals surface area contributed by atoms with E-state index in [0.717, 1.165) is 11.2 Å². The molecule has 1 heteroatoms. The SMILES string of the molecule is CC1=CC(c2ccc3oc4ccccc4c3c2)=C[C@@H]1C. The minimum atomic E-state index is 0.543. The van der Waals surface area contributed by atoms with Crippen molar-refractivity contribution in [2.24, 2.45) is 5.92 Å². The maximum Gasteiger partial charge on any atom is 0.135 e. The van der Waals surface area contributed by atoms with Crippen molar-refractivity contribution in [2.75, 3.05) is 0 Å². The molecule has 20 heavy (non-hydrogen) atoms. The molecule has 3 aromatic rings. The molecule has 1 aliphatic rings. The molecule has 1 aliphatic carbocycles. The summed E-state index contributed by atoms with van der Waals surface area (Å²) in [5.74, 6) is 0.543. The van der Waals surface area contributed by atoms with Crippen LogP contribution in [0.3, 0.4) is 0 Å².